The van der Waals surface area contributed by atoms with Crippen molar-refractivity contribution in [2.45, 2.75) is 6.92 Å². The largest absolute Gasteiger partial charge is 0.333 e. The van der Waals surface area contributed by atoms with E-state index in [1.807, 2.05) is 55.5 Å². The molecule has 0 aliphatic heterocycles. The lowest BCUT2D eigenvalue weighted by atomic mass is 10.3. The zero-order chi connectivity index (χ0) is 13.2. The van der Waals surface area contributed by atoms with Crippen molar-refractivity contribution < 1.29 is 0 Å². The Hall–Kier alpha value is -1.94. The van der Waals surface area contributed by atoms with Crippen LogP contribution in [-0.2, 0) is 0 Å². The van der Waals surface area contributed by atoms with E-state index >= 15 is 0 Å². The van der Waals surface area contributed by atoms with E-state index in [9.17, 15) is 0 Å². The van der Waals surface area contributed by atoms with Crippen LogP contribution in [0.3, 0.4) is 0 Å². The van der Waals surface area contributed by atoms with Gasteiger partial charge in [-0.05, 0) is 43.4 Å². The van der Waals surface area contributed by atoms with Crippen molar-refractivity contribution in [2.75, 3.05) is 12.4 Å². The SMILES string of the molecule is C\C=C(/C=C\C=N\C)NC(=S)Nc1ccccc1. The molecule has 4 heteroatoms. The molecule has 0 spiro atoms. The summed E-state index contributed by atoms with van der Waals surface area (Å²) in [4.78, 5) is 3.87. The van der Waals surface area contributed by atoms with Crippen molar-refractivity contribution in [3.63, 3.8) is 0 Å². The first-order valence-corrected chi connectivity index (χ1v) is 6.05. The van der Waals surface area contributed by atoms with Crippen LogP contribution in [0, 0.1) is 0 Å². The van der Waals surface area contributed by atoms with E-state index in [1.54, 1.807) is 13.3 Å². The third-order valence-corrected chi connectivity index (χ3v) is 2.32. The molecule has 0 fully saturated rings. The molecule has 1 rings (SSSR count). The van der Waals surface area contributed by atoms with Gasteiger partial charge in [0.2, 0.25) is 0 Å². The number of rotatable bonds is 4. The van der Waals surface area contributed by atoms with Gasteiger partial charge in [-0.2, -0.15) is 0 Å². The second-order valence-corrected chi connectivity index (χ2v) is 3.86. The number of anilines is 1. The zero-order valence-electron chi connectivity index (χ0n) is 10.6. The standard InChI is InChI=1S/C14H17N3S/c1-3-12(10-7-11-15-2)16-14(18)17-13-8-5-4-6-9-13/h3-11H,1-2H3,(H2,16,17,18)/b10-7-,12-3+,15-11+. The summed E-state index contributed by atoms with van der Waals surface area (Å²) in [5.41, 5.74) is 1.88. The fraction of sp³-hybridized carbons (Fsp3) is 0.143. The smallest absolute Gasteiger partial charge is 0.175 e. The van der Waals surface area contributed by atoms with Gasteiger partial charge in [0.1, 0.15) is 0 Å². The fourth-order valence-electron chi connectivity index (χ4n) is 1.26. The molecule has 0 unspecified atom stereocenters. The lowest BCUT2D eigenvalue weighted by Crippen LogP contribution is -2.27. The summed E-state index contributed by atoms with van der Waals surface area (Å²) in [6, 6.07) is 9.80. The number of hydrogen-bond donors (Lipinski definition) is 2. The summed E-state index contributed by atoms with van der Waals surface area (Å²) in [7, 11) is 1.73. The van der Waals surface area contributed by atoms with Gasteiger partial charge in [0.05, 0.1) is 0 Å². The first-order chi connectivity index (χ1) is 8.76. The van der Waals surface area contributed by atoms with Gasteiger partial charge in [0, 0.05) is 24.6 Å². The molecule has 0 saturated heterocycles. The van der Waals surface area contributed by atoms with Crippen LogP contribution in [0.5, 0.6) is 0 Å². The monoisotopic (exact) mass is 259 g/mol. The van der Waals surface area contributed by atoms with E-state index in [1.165, 1.54) is 0 Å². The Balaban J connectivity index is 2.53. The Morgan fingerprint density at radius 3 is 2.61 bits per heavy atom. The Morgan fingerprint density at radius 2 is 2.00 bits per heavy atom. The molecule has 0 heterocycles. The van der Waals surface area contributed by atoms with E-state index in [-0.39, 0.29) is 0 Å². The Labute approximate surface area is 113 Å². The first-order valence-electron chi connectivity index (χ1n) is 5.64. The average Bonchev–Trinajstić information content (AvgIpc) is 2.39. The predicted octanol–water partition coefficient (Wildman–Crippen LogP) is 3.13. The van der Waals surface area contributed by atoms with Crippen molar-refractivity contribution in [1.29, 1.82) is 0 Å². The quantitative estimate of drug-likeness (QED) is 0.495. The van der Waals surface area contributed by atoms with Crippen LogP contribution < -0.4 is 10.6 Å². The van der Waals surface area contributed by atoms with Crippen molar-refractivity contribution in [2.24, 2.45) is 4.99 Å². The highest BCUT2D eigenvalue weighted by Crippen LogP contribution is 2.05. The van der Waals surface area contributed by atoms with Gasteiger partial charge in [-0.3, -0.25) is 4.99 Å². The van der Waals surface area contributed by atoms with Crippen molar-refractivity contribution >= 4 is 29.2 Å². The van der Waals surface area contributed by atoms with Crippen molar-refractivity contribution in [3.8, 4) is 0 Å². The Kier molecular flexibility index (Phi) is 6.43. The average molecular weight is 259 g/mol. The molecule has 0 aliphatic rings. The number of nitrogens with zero attached hydrogens (tertiary/aromatic N) is 1. The van der Waals surface area contributed by atoms with E-state index in [4.69, 9.17) is 12.2 Å². The summed E-state index contributed by atoms with van der Waals surface area (Å²) in [6.45, 7) is 1.95. The van der Waals surface area contributed by atoms with E-state index in [2.05, 4.69) is 15.6 Å². The molecular weight excluding hydrogens is 242 g/mol. The highest BCUT2D eigenvalue weighted by atomic mass is 32.1. The first kappa shape index (κ1) is 14.1. The molecule has 0 bridgehead atoms. The molecule has 0 saturated carbocycles. The number of benzene rings is 1. The van der Waals surface area contributed by atoms with Crippen LogP contribution in [0.1, 0.15) is 6.92 Å². The maximum atomic E-state index is 5.23. The lowest BCUT2D eigenvalue weighted by molar-refractivity contribution is 1.19. The van der Waals surface area contributed by atoms with Gasteiger partial charge < -0.3 is 10.6 Å². The minimum absolute atomic E-state index is 0.562. The lowest BCUT2D eigenvalue weighted by Gasteiger charge is -2.10. The number of para-hydroxylation sites is 1. The van der Waals surface area contributed by atoms with Crippen molar-refractivity contribution in [1.82, 2.24) is 5.32 Å². The van der Waals surface area contributed by atoms with Gasteiger partial charge >= 0.3 is 0 Å². The molecule has 0 amide bonds. The molecule has 1 aromatic rings. The molecule has 0 aliphatic carbocycles. The Morgan fingerprint density at radius 1 is 1.28 bits per heavy atom. The third-order valence-electron chi connectivity index (χ3n) is 2.11. The summed E-state index contributed by atoms with van der Waals surface area (Å²) in [5.74, 6) is 0. The van der Waals surface area contributed by atoms with Crippen LogP contribution in [0.25, 0.3) is 0 Å². The molecule has 1 aromatic carbocycles. The molecule has 0 atom stereocenters. The van der Waals surface area contributed by atoms with Gasteiger partial charge in [-0.1, -0.05) is 24.3 Å². The van der Waals surface area contributed by atoms with Crippen LogP contribution in [-0.4, -0.2) is 18.4 Å². The highest BCUT2D eigenvalue weighted by molar-refractivity contribution is 7.80. The number of thiocarbonyl (C=S) groups is 1. The third kappa shape index (κ3) is 5.41. The molecule has 0 aromatic heterocycles. The summed E-state index contributed by atoms with van der Waals surface area (Å²) >= 11 is 5.23. The topological polar surface area (TPSA) is 36.4 Å². The van der Waals surface area contributed by atoms with Gasteiger partial charge in [0.25, 0.3) is 0 Å². The summed E-state index contributed by atoms with van der Waals surface area (Å²) in [5, 5.41) is 6.78. The molecule has 94 valence electrons. The van der Waals surface area contributed by atoms with Gasteiger partial charge in [-0.25, -0.2) is 0 Å². The van der Waals surface area contributed by atoms with Crippen molar-refractivity contribution in [3.05, 3.63) is 54.3 Å². The maximum absolute atomic E-state index is 5.23. The number of allylic oxidation sites excluding steroid dienone is 3. The number of aliphatic imine (C=N–C) groups is 1. The molecule has 2 N–H and O–H groups in total. The Bertz CT molecular complexity index is 461. The number of nitrogens with one attached hydrogen (secondary N) is 2. The fourth-order valence-corrected chi connectivity index (χ4v) is 1.49. The van der Waals surface area contributed by atoms with Crippen LogP contribution in [0.4, 0.5) is 5.69 Å². The second kappa shape index (κ2) is 8.20. The second-order valence-electron chi connectivity index (χ2n) is 3.46. The minimum atomic E-state index is 0.562. The van der Waals surface area contributed by atoms with Crippen LogP contribution >= 0.6 is 12.2 Å². The van der Waals surface area contributed by atoms with E-state index in [0.717, 1.165) is 11.4 Å². The van der Waals surface area contributed by atoms with Gasteiger partial charge in [-0.15, -0.1) is 0 Å². The molecule has 0 radical (unpaired) electrons. The zero-order valence-corrected chi connectivity index (χ0v) is 11.4. The maximum Gasteiger partial charge on any atom is 0.175 e. The molecule has 18 heavy (non-hydrogen) atoms. The summed E-state index contributed by atoms with van der Waals surface area (Å²) in [6.07, 6.45) is 7.43. The van der Waals surface area contributed by atoms with Crippen LogP contribution in [0.15, 0.2) is 59.2 Å². The number of hydrogen-bond acceptors (Lipinski definition) is 2. The predicted molar refractivity (Wildman–Crippen MR) is 83.1 cm³/mol. The van der Waals surface area contributed by atoms with E-state index < -0.39 is 0 Å². The molecule has 3 nitrogen and oxygen atoms in total. The summed E-state index contributed by atoms with van der Waals surface area (Å²) < 4.78 is 0. The van der Waals surface area contributed by atoms with Crippen LogP contribution in [0.2, 0.25) is 0 Å². The minimum Gasteiger partial charge on any atom is -0.333 e. The van der Waals surface area contributed by atoms with Gasteiger partial charge in [0.15, 0.2) is 5.11 Å². The molecular formula is C14H17N3S. The highest BCUT2D eigenvalue weighted by Gasteiger charge is 1.97. The normalized spacial score (nSPS) is 12.0. The van der Waals surface area contributed by atoms with E-state index in [0.29, 0.717) is 5.11 Å².